The van der Waals surface area contributed by atoms with E-state index in [1.54, 1.807) is 0 Å². The Bertz CT molecular complexity index is 335. The summed E-state index contributed by atoms with van der Waals surface area (Å²) >= 11 is -0.00794. The lowest BCUT2D eigenvalue weighted by atomic mass is 10.4. The Kier molecular flexibility index (Phi) is 2.51. The minimum absolute atomic E-state index is 0.00794. The molecule has 0 aliphatic carbocycles. The van der Waals surface area contributed by atoms with Gasteiger partial charge in [-0.2, -0.15) is 26.3 Å². The summed E-state index contributed by atoms with van der Waals surface area (Å²) in [5.74, 6) is 0. The van der Waals surface area contributed by atoms with E-state index in [0.717, 1.165) is 6.92 Å². The van der Waals surface area contributed by atoms with Crippen molar-refractivity contribution in [3.8, 4) is 0 Å². The number of aromatic nitrogens is 1. The Morgan fingerprint density at radius 2 is 1.50 bits per heavy atom. The van der Waals surface area contributed by atoms with E-state index in [2.05, 4.69) is 4.98 Å². The molecule has 0 saturated heterocycles. The molecule has 14 heavy (non-hydrogen) atoms. The van der Waals surface area contributed by atoms with Gasteiger partial charge in [-0.1, -0.05) is 0 Å². The summed E-state index contributed by atoms with van der Waals surface area (Å²) in [5, 5.41) is -1.47. The predicted octanol–water partition coefficient (Wildman–Crippen LogP) is 3.49. The first-order valence-electron chi connectivity index (χ1n) is 3.24. The Hall–Kier alpha value is -0.790. The van der Waals surface area contributed by atoms with Gasteiger partial charge in [0.05, 0.1) is 0 Å². The van der Waals surface area contributed by atoms with Gasteiger partial charge in [-0.15, -0.1) is 11.3 Å². The van der Waals surface area contributed by atoms with Crippen LogP contribution in [0.5, 0.6) is 0 Å². The van der Waals surface area contributed by atoms with Crippen LogP contribution in [0.15, 0.2) is 0 Å². The molecule has 0 bridgehead atoms. The summed E-state index contributed by atoms with van der Waals surface area (Å²) in [6.07, 6.45) is -9.65. The molecule has 0 N–H and O–H groups in total. The van der Waals surface area contributed by atoms with Crippen LogP contribution >= 0.6 is 11.3 Å². The van der Waals surface area contributed by atoms with Crippen molar-refractivity contribution < 1.29 is 26.3 Å². The molecule has 1 aromatic heterocycles. The van der Waals surface area contributed by atoms with Gasteiger partial charge < -0.3 is 0 Å². The van der Waals surface area contributed by atoms with Gasteiger partial charge in [0.1, 0.15) is 0 Å². The van der Waals surface area contributed by atoms with Crippen LogP contribution in [0, 0.1) is 6.92 Å². The predicted molar refractivity (Wildman–Crippen MR) is 36.9 cm³/mol. The average Bonchev–Trinajstić information content (AvgIpc) is 2.27. The molecule has 0 aliphatic rings. The fraction of sp³-hybridized carbons (Fsp3) is 0.500. The third-order valence-electron chi connectivity index (χ3n) is 1.31. The van der Waals surface area contributed by atoms with Gasteiger partial charge in [-0.05, 0) is 6.92 Å². The zero-order valence-electron chi connectivity index (χ0n) is 6.62. The summed E-state index contributed by atoms with van der Waals surface area (Å²) in [6.45, 7) is 0.954. The van der Waals surface area contributed by atoms with Crippen LogP contribution in [-0.4, -0.2) is 4.98 Å². The first-order valence-corrected chi connectivity index (χ1v) is 4.06. The molecular weight excluding hydrogens is 232 g/mol. The summed E-state index contributed by atoms with van der Waals surface area (Å²) in [6, 6.07) is 0. The molecule has 1 aromatic rings. The monoisotopic (exact) mass is 235 g/mol. The standard InChI is InChI=1S/C6H3F6NS/c1-2-3(5(7,8)9)13-4(14-2)6(10,11)12/h1H3. The van der Waals surface area contributed by atoms with Crippen LogP contribution in [0.25, 0.3) is 0 Å². The normalized spacial score (nSPS) is 13.4. The Balaban J connectivity index is 3.19. The molecule has 1 nitrogen and oxygen atoms in total. The van der Waals surface area contributed by atoms with E-state index in [1.165, 1.54) is 0 Å². The number of hydrogen-bond donors (Lipinski definition) is 0. The van der Waals surface area contributed by atoms with Gasteiger partial charge in [0.15, 0.2) is 10.7 Å². The largest absolute Gasteiger partial charge is 0.443 e. The van der Waals surface area contributed by atoms with Crippen molar-refractivity contribution in [1.29, 1.82) is 0 Å². The van der Waals surface area contributed by atoms with Crippen molar-refractivity contribution in [2.24, 2.45) is 0 Å². The second-order valence-electron chi connectivity index (χ2n) is 2.42. The van der Waals surface area contributed by atoms with Crippen LogP contribution in [0.4, 0.5) is 26.3 Å². The summed E-state index contributed by atoms with van der Waals surface area (Å²) in [7, 11) is 0. The minimum atomic E-state index is -4.83. The molecular formula is C6H3F6NS. The molecule has 80 valence electrons. The number of halogens is 6. The average molecular weight is 235 g/mol. The number of nitrogens with zero attached hydrogens (tertiary/aromatic N) is 1. The van der Waals surface area contributed by atoms with Crippen molar-refractivity contribution in [3.63, 3.8) is 0 Å². The van der Waals surface area contributed by atoms with Crippen molar-refractivity contribution in [1.82, 2.24) is 4.98 Å². The lowest BCUT2D eigenvalue weighted by Crippen LogP contribution is -2.09. The molecule has 0 unspecified atom stereocenters. The first kappa shape index (κ1) is 11.3. The molecule has 0 atom stereocenters. The zero-order valence-corrected chi connectivity index (χ0v) is 7.44. The van der Waals surface area contributed by atoms with Gasteiger partial charge >= 0.3 is 12.4 Å². The van der Waals surface area contributed by atoms with E-state index >= 15 is 0 Å². The van der Waals surface area contributed by atoms with Gasteiger partial charge in [0, 0.05) is 4.88 Å². The number of aryl methyl sites for hydroxylation is 1. The minimum Gasteiger partial charge on any atom is -0.227 e. The molecule has 1 rings (SSSR count). The molecule has 0 aliphatic heterocycles. The second kappa shape index (κ2) is 3.11. The van der Waals surface area contributed by atoms with E-state index < -0.39 is 27.9 Å². The Morgan fingerprint density at radius 3 is 1.71 bits per heavy atom. The van der Waals surface area contributed by atoms with E-state index in [9.17, 15) is 26.3 Å². The fourth-order valence-electron chi connectivity index (χ4n) is 0.781. The lowest BCUT2D eigenvalue weighted by molar-refractivity contribution is -0.147. The smallest absolute Gasteiger partial charge is 0.227 e. The molecule has 0 saturated carbocycles. The molecule has 0 amide bonds. The third kappa shape index (κ3) is 2.17. The van der Waals surface area contributed by atoms with E-state index in [1.807, 2.05) is 0 Å². The lowest BCUT2D eigenvalue weighted by Gasteiger charge is -2.02. The molecule has 0 fully saturated rings. The van der Waals surface area contributed by atoms with Crippen LogP contribution in [-0.2, 0) is 12.4 Å². The van der Waals surface area contributed by atoms with Crippen molar-refractivity contribution in [3.05, 3.63) is 15.6 Å². The van der Waals surface area contributed by atoms with Crippen molar-refractivity contribution >= 4 is 11.3 Å². The SMILES string of the molecule is Cc1sc(C(F)(F)F)nc1C(F)(F)F. The summed E-state index contributed by atoms with van der Waals surface area (Å²) in [4.78, 5) is 2.04. The van der Waals surface area contributed by atoms with Crippen LogP contribution in [0.1, 0.15) is 15.6 Å². The quantitative estimate of drug-likeness (QED) is 0.627. The molecule has 0 aromatic carbocycles. The summed E-state index contributed by atoms with van der Waals surface area (Å²) in [5.41, 5.74) is -1.46. The highest BCUT2D eigenvalue weighted by Crippen LogP contribution is 2.39. The Morgan fingerprint density at radius 1 is 1.00 bits per heavy atom. The number of hydrogen-bond acceptors (Lipinski definition) is 2. The molecule has 1 heterocycles. The van der Waals surface area contributed by atoms with Crippen LogP contribution in [0.2, 0.25) is 0 Å². The molecule has 0 spiro atoms. The summed E-state index contributed by atoms with van der Waals surface area (Å²) < 4.78 is 71.9. The van der Waals surface area contributed by atoms with Gasteiger partial charge in [-0.3, -0.25) is 0 Å². The number of thiazole rings is 1. The Labute approximate surface area is 78.4 Å². The van der Waals surface area contributed by atoms with Gasteiger partial charge in [0.25, 0.3) is 0 Å². The number of rotatable bonds is 0. The van der Waals surface area contributed by atoms with Gasteiger partial charge in [-0.25, -0.2) is 4.98 Å². The maximum absolute atomic E-state index is 12.0. The van der Waals surface area contributed by atoms with Crippen LogP contribution in [0.3, 0.4) is 0 Å². The highest BCUT2D eigenvalue weighted by molar-refractivity contribution is 7.11. The highest BCUT2D eigenvalue weighted by Gasteiger charge is 2.42. The zero-order chi connectivity index (χ0) is 11.1. The highest BCUT2D eigenvalue weighted by atomic mass is 32.1. The van der Waals surface area contributed by atoms with Crippen molar-refractivity contribution in [2.45, 2.75) is 19.3 Å². The maximum Gasteiger partial charge on any atom is 0.443 e. The maximum atomic E-state index is 12.0. The van der Waals surface area contributed by atoms with E-state index in [-0.39, 0.29) is 11.3 Å². The first-order chi connectivity index (χ1) is 6.12. The van der Waals surface area contributed by atoms with Crippen LogP contribution < -0.4 is 0 Å². The topological polar surface area (TPSA) is 12.9 Å². The molecule has 0 radical (unpaired) electrons. The van der Waals surface area contributed by atoms with Gasteiger partial charge in [0.2, 0.25) is 0 Å². The second-order valence-corrected chi connectivity index (χ2v) is 3.62. The van der Waals surface area contributed by atoms with E-state index in [0.29, 0.717) is 0 Å². The van der Waals surface area contributed by atoms with Crippen molar-refractivity contribution in [2.75, 3.05) is 0 Å². The number of alkyl halides is 6. The van der Waals surface area contributed by atoms with E-state index in [4.69, 9.17) is 0 Å². The fourth-order valence-corrected chi connectivity index (χ4v) is 1.58. The molecule has 8 heteroatoms. The third-order valence-corrected chi connectivity index (χ3v) is 2.32.